The molecule has 1 heterocycles. The van der Waals surface area contributed by atoms with Gasteiger partial charge in [-0.1, -0.05) is 42.5 Å². The Labute approximate surface area is 222 Å². The van der Waals surface area contributed by atoms with Gasteiger partial charge in [0.25, 0.3) is 11.1 Å². The molecule has 38 heavy (non-hydrogen) atoms. The Morgan fingerprint density at radius 3 is 2.37 bits per heavy atom. The molecule has 0 aliphatic carbocycles. The standard InChI is InChI=1S/C28H20FNO6S2/c1-35-25-15-18(7-13-24(25)36-38(33,34)23-11-9-22(29)10-12-23)16-26-27(31)30(28(32)37-26)17-19-6-8-20-4-2-3-5-21(20)14-19/h2-16H,17H2,1H3/b26-16-. The third kappa shape index (κ3) is 5.27. The third-order valence-corrected chi connectivity index (χ3v) is 7.97. The van der Waals surface area contributed by atoms with Crippen LogP contribution in [0.1, 0.15) is 11.1 Å². The van der Waals surface area contributed by atoms with Gasteiger partial charge in [0.05, 0.1) is 18.6 Å². The van der Waals surface area contributed by atoms with Crippen molar-refractivity contribution in [1.82, 2.24) is 4.90 Å². The Morgan fingerprint density at radius 2 is 1.63 bits per heavy atom. The zero-order valence-corrected chi connectivity index (χ0v) is 21.6. The quantitative estimate of drug-likeness (QED) is 0.207. The average molecular weight is 550 g/mol. The first kappa shape index (κ1) is 25.5. The van der Waals surface area contributed by atoms with E-state index in [1.807, 2.05) is 42.5 Å². The molecule has 2 amide bonds. The molecule has 0 radical (unpaired) electrons. The minimum Gasteiger partial charge on any atom is -0.493 e. The van der Waals surface area contributed by atoms with Crippen molar-refractivity contribution in [2.75, 3.05) is 7.11 Å². The van der Waals surface area contributed by atoms with Crippen LogP contribution in [0.15, 0.2) is 94.7 Å². The number of carbonyl (C=O) groups is 2. The van der Waals surface area contributed by atoms with Crippen molar-refractivity contribution in [3.63, 3.8) is 0 Å². The number of fused-ring (bicyclic) bond motifs is 1. The maximum atomic E-state index is 13.2. The van der Waals surface area contributed by atoms with E-state index in [4.69, 9.17) is 8.92 Å². The topological polar surface area (TPSA) is 90.0 Å². The van der Waals surface area contributed by atoms with Gasteiger partial charge in [-0.05, 0) is 82.2 Å². The number of ether oxygens (including phenoxy) is 1. The minimum atomic E-state index is -4.24. The third-order valence-electron chi connectivity index (χ3n) is 5.82. The molecule has 0 unspecified atom stereocenters. The van der Waals surface area contributed by atoms with Gasteiger partial charge >= 0.3 is 10.1 Å². The van der Waals surface area contributed by atoms with Gasteiger partial charge in [-0.15, -0.1) is 0 Å². The summed E-state index contributed by atoms with van der Waals surface area (Å²) in [6.07, 6.45) is 1.53. The lowest BCUT2D eigenvalue weighted by molar-refractivity contribution is -0.123. The van der Waals surface area contributed by atoms with Crippen LogP contribution >= 0.6 is 11.8 Å². The number of amides is 2. The number of methoxy groups -OCH3 is 1. The van der Waals surface area contributed by atoms with Crippen molar-refractivity contribution >= 4 is 49.9 Å². The molecule has 0 N–H and O–H groups in total. The second kappa shape index (κ2) is 10.3. The smallest absolute Gasteiger partial charge is 0.339 e. The molecule has 1 fully saturated rings. The zero-order chi connectivity index (χ0) is 26.9. The van der Waals surface area contributed by atoms with Crippen LogP contribution in [0.25, 0.3) is 16.8 Å². The van der Waals surface area contributed by atoms with Crippen LogP contribution in [0.4, 0.5) is 9.18 Å². The zero-order valence-electron chi connectivity index (χ0n) is 20.0. The van der Waals surface area contributed by atoms with E-state index < -0.39 is 21.8 Å². The first-order chi connectivity index (χ1) is 18.2. The molecule has 0 spiro atoms. The first-order valence-corrected chi connectivity index (χ1v) is 13.6. The molecule has 4 aromatic rings. The van der Waals surface area contributed by atoms with E-state index in [9.17, 15) is 22.4 Å². The molecule has 0 bridgehead atoms. The van der Waals surface area contributed by atoms with Crippen LogP contribution in [0.5, 0.6) is 11.5 Å². The fourth-order valence-corrected chi connectivity index (χ4v) is 5.70. The molecule has 10 heteroatoms. The lowest BCUT2D eigenvalue weighted by Crippen LogP contribution is -2.27. The fraction of sp³-hybridized carbons (Fsp3) is 0.0714. The summed E-state index contributed by atoms with van der Waals surface area (Å²) >= 11 is 0.826. The maximum absolute atomic E-state index is 13.2. The summed E-state index contributed by atoms with van der Waals surface area (Å²) in [4.78, 5) is 26.9. The number of thioether (sulfide) groups is 1. The first-order valence-electron chi connectivity index (χ1n) is 11.3. The average Bonchev–Trinajstić information content (AvgIpc) is 3.16. The molecule has 1 saturated heterocycles. The molecule has 4 aromatic carbocycles. The monoisotopic (exact) mass is 549 g/mol. The molecule has 0 atom stereocenters. The molecule has 5 rings (SSSR count). The molecule has 1 aliphatic heterocycles. The summed E-state index contributed by atoms with van der Waals surface area (Å²) in [5.74, 6) is -0.989. The Bertz CT molecular complexity index is 1700. The maximum Gasteiger partial charge on any atom is 0.339 e. The van der Waals surface area contributed by atoms with Gasteiger partial charge in [0.1, 0.15) is 10.7 Å². The van der Waals surface area contributed by atoms with Gasteiger partial charge in [-0.3, -0.25) is 14.5 Å². The van der Waals surface area contributed by atoms with Gasteiger partial charge in [0.15, 0.2) is 11.5 Å². The number of carbonyl (C=O) groups excluding carboxylic acids is 2. The number of nitrogens with zero attached hydrogens (tertiary/aromatic N) is 1. The normalized spacial score (nSPS) is 14.9. The van der Waals surface area contributed by atoms with Crippen molar-refractivity contribution in [2.24, 2.45) is 0 Å². The lowest BCUT2D eigenvalue weighted by atomic mass is 10.1. The van der Waals surface area contributed by atoms with Crippen LogP contribution in [-0.2, 0) is 21.5 Å². The van der Waals surface area contributed by atoms with Gasteiger partial charge < -0.3 is 8.92 Å². The highest BCUT2D eigenvalue weighted by Crippen LogP contribution is 2.36. The number of hydrogen-bond donors (Lipinski definition) is 0. The van der Waals surface area contributed by atoms with Crippen molar-refractivity contribution < 1.29 is 31.3 Å². The molecular weight excluding hydrogens is 529 g/mol. The van der Waals surface area contributed by atoms with Gasteiger partial charge in [-0.2, -0.15) is 8.42 Å². The summed E-state index contributed by atoms with van der Waals surface area (Å²) in [5.41, 5.74) is 1.34. The van der Waals surface area contributed by atoms with Crippen LogP contribution in [-0.4, -0.2) is 31.6 Å². The lowest BCUT2D eigenvalue weighted by Gasteiger charge is -2.13. The summed E-state index contributed by atoms with van der Waals surface area (Å²) in [6, 6.07) is 22.3. The van der Waals surface area contributed by atoms with E-state index in [0.717, 1.165) is 52.4 Å². The van der Waals surface area contributed by atoms with Crippen molar-refractivity contribution in [1.29, 1.82) is 0 Å². The summed E-state index contributed by atoms with van der Waals surface area (Å²) < 4.78 is 48.8. The highest BCUT2D eigenvalue weighted by atomic mass is 32.2. The van der Waals surface area contributed by atoms with E-state index in [-0.39, 0.29) is 33.1 Å². The highest BCUT2D eigenvalue weighted by Gasteiger charge is 2.35. The second-order valence-electron chi connectivity index (χ2n) is 8.35. The van der Waals surface area contributed by atoms with E-state index in [2.05, 4.69) is 0 Å². The molecule has 1 aliphatic rings. The van der Waals surface area contributed by atoms with Gasteiger partial charge in [0, 0.05) is 0 Å². The fourth-order valence-electron chi connectivity index (χ4n) is 3.92. The number of halogens is 1. The summed E-state index contributed by atoms with van der Waals surface area (Å²) in [6.45, 7) is 0.143. The Hall–Kier alpha value is -4.15. The minimum absolute atomic E-state index is 0.0848. The molecule has 7 nitrogen and oxygen atoms in total. The van der Waals surface area contributed by atoms with Crippen LogP contribution < -0.4 is 8.92 Å². The molecule has 0 aromatic heterocycles. The van der Waals surface area contributed by atoms with Gasteiger partial charge in [-0.25, -0.2) is 4.39 Å². The van der Waals surface area contributed by atoms with Crippen LogP contribution in [0.3, 0.4) is 0 Å². The Kier molecular flexibility index (Phi) is 6.92. The summed E-state index contributed by atoms with van der Waals surface area (Å²) in [7, 11) is -2.90. The van der Waals surface area contributed by atoms with E-state index in [1.165, 1.54) is 36.3 Å². The highest BCUT2D eigenvalue weighted by molar-refractivity contribution is 8.18. The molecule has 0 saturated carbocycles. The van der Waals surface area contributed by atoms with E-state index in [0.29, 0.717) is 5.56 Å². The Morgan fingerprint density at radius 1 is 0.895 bits per heavy atom. The molecule has 192 valence electrons. The van der Waals surface area contributed by atoms with Gasteiger partial charge in [0.2, 0.25) is 0 Å². The molecular formula is C28H20FNO6S2. The predicted octanol–water partition coefficient (Wildman–Crippen LogP) is 5.99. The van der Waals surface area contributed by atoms with Crippen molar-refractivity contribution in [3.8, 4) is 11.5 Å². The number of benzene rings is 4. The Balaban J connectivity index is 1.35. The van der Waals surface area contributed by atoms with Crippen LogP contribution in [0, 0.1) is 5.82 Å². The number of hydrogen-bond acceptors (Lipinski definition) is 7. The van der Waals surface area contributed by atoms with Crippen molar-refractivity contribution in [3.05, 3.63) is 107 Å². The van der Waals surface area contributed by atoms with Crippen LogP contribution in [0.2, 0.25) is 0 Å². The largest absolute Gasteiger partial charge is 0.493 e. The SMILES string of the molecule is COc1cc(/C=C2\SC(=O)N(Cc3ccc4ccccc4c3)C2=O)ccc1OS(=O)(=O)c1ccc(F)cc1. The van der Waals surface area contributed by atoms with E-state index in [1.54, 1.807) is 0 Å². The van der Waals surface area contributed by atoms with E-state index >= 15 is 0 Å². The number of imide groups is 1. The second-order valence-corrected chi connectivity index (χ2v) is 10.9. The summed E-state index contributed by atoms with van der Waals surface area (Å²) in [5, 5.41) is 1.70. The predicted molar refractivity (Wildman–Crippen MR) is 143 cm³/mol. The number of rotatable bonds is 7. The van der Waals surface area contributed by atoms with Crippen molar-refractivity contribution in [2.45, 2.75) is 11.4 Å².